The fraction of sp³-hybridized carbons (Fsp3) is 0.250. The molecule has 0 saturated heterocycles. The van der Waals surface area contributed by atoms with E-state index in [1.807, 2.05) is 30.3 Å². The van der Waals surface area contributed by atoms with Crippen LogP contribution < -0.4 is 15.4 Å². The van der Waals surface area contributed by atoms with Crippen LogP contribution in [-0.2, 0) is 14.3 Å². The predicted octanol–water partition coefficient (Wildman–Crippen LogP) is 3.12. The lowest BCUT2D eigenvalue weighted by Crippen LogP contribution is -2.45. The molecule has 27 heavy (non-hydrogen) atoms. The number of benzene rings is 2. The van der Waals surface area contributed by atoms with Crippen molar-refractivity contribution < 1.29 is 19.1 Å². The Balaban J connectivity index is 2.27. The van der Waals surface area contributed by atoms with E-state index in [0.717, 1.165) is 10.8 Å². The van der Waals surface area contributed by atoms with E-state index in [-0.39, 0.29) is 6.61 Å². The number of carbonyl (C=O) groups is 2. The molecule has 1 heterocycles. The first-order chi connectivity index (χ1) is 12.9. The van der Waals surface area contributed by atoms with Gasteiger partial charge in [0.1, 0.15) is 5.75 Å². The van der Waals surface area contributed by atoms with Crippen molar-refractivity contribution >= 4 is 40.0 Å². The van der Waals surface area contributed by atoms with Crippen LogP contribution in [0.5, 0.6) is 5.75 Å². The fourth-order valence-electron chi connectivity index (χ4n) is 3.21. The third kappa shape index (κ3) is 3.78. The molecule has 0 saturated carbocycles. The highest BCUT2D eigenvalue weighted by Crippen LogP contribution is 2.38. The second-order valence-corrected chi connectivity index (χ2v) is 6.49. The van der Waals surface area contributed by atoms with Crippen LogP contribution in [0.4, 0.5) is 0 Å². The number of thiocarbonyl (C=S) groups is 1. The maximum absolute atomic E-state index is 12.7. The number of fused-ring (bicyclic) bond motifs is 1. The van der Waals surface area contributed by atoms with Gasteiger partial charge in [0.25, 0.3) is 0 Å². The van der Waals surface area contributed by atoms with Crippen LogP contribution in [0.1, 0.15) is 32.4 Å². The van der Waals surface area contributed by atoms with Crippen LogP contribution in [0, 0.1) is 0 Å². The largest absolute Gasteiger partial charge is 0.463 e. The Morgan fingerprint density at radius 1 is 1.19 bits per heavy atom. The quantitative estimate of drug-likeness (QED) is 0.476. The van der Waals surface area contributed by atoms with Gasteiger partial charge in [-0.1, -0.05) is 30.3 Å². The topological polar surface area (TPSA) is 76.7 Å². The first kappa shape index (κ1) is 18.8. The summed E-state index contributed by atoms with van der Waals surface area (Å²) < 4.78 is 10.7. The molecule has 0 amide bonds. The van der Waals surface area contributed by atoms with Crippen LogP contribution in [0.2, 0.25) is 0 Å². The average Bonchev–Trinajstić information content (AvgIpc) is 2.60. The molecule has 2 aromatic carbocycles. The Labute approximate surface area is 162 Å². The van der Waals surface area contributed by atoms with Crippen molar-refractivity contribution in [3.63, 3.8) is 0 Å². The van der Waals surface area contributed by atoms with Gasteiger partial charge in [0, 0.05) is 18.2 Å². The van der Waals surface area contributed by atoms with Crippen molar-refractivity contribution in [1.82, 2.24) is 10.6 Å². The zero-order valence-electron chi connectivity index (χ0n) is 15.3. The van der Waals surface area contributed by atoms with Gasteiger partial charge in [-0.25, -0.2) is 4.79 Å². The van der Waals surface area contributed by atoms with E-state index in [1.54, 1.807) is 19.9 Å². The number of nitrogens with one attached hydrogen (secondary N) is 2. The number of esters is 2. The Kier molecular flexibility index (Phi) is 5.41. The molecule has 0 aromatic heterocycles. The van der Waals surface area contributed by atoms with Crippen molar-refractivity contribution in [2.75, 3.05) is 6.61 Å². The number of carbonyl (C=O) groups excluding carboxylic acids is 2. The van der Waals surface area contributed by atoms with E-state index in [0.29, 0.717) is 27.7 Å². The Morgan fingerprint density at radius 2 is 1.93 bits per heavy atom. The van der Waals surface area contributed by atoms with E-state index < -0.39 is 18.0 Å². The molecule has 0 radical (unpaired) electrons. The monoisotopic (exact) mass is 384 g/mol. The number of ether oxygens (including phenoxy) is 2. The van der Waals surface area contributed by atoms with Crippen LogP contribution >= 0.6 is 12.2 Å². The molecule has 2 N–H and O–H groups in total. The predicted molar refractivity (Wildman–Crippen MR) is 106 cm³/mol. The highest BCUT2D eigenvalue weighted by molar-refractivity contribution is 7.80. The molecule has 3 rings (SSSR count). The van der Waals surface area contributed by atoms with Crippen molar-refractivity contribution in [3.05, 3.63) is 53.2 Å². The van der Waals surface area contributed by atoms with E-state index in [9.17, 15) is 9.59 Å². The lowest BCUT2D eigenvalue weighted by molar-refractivity contribution is -0.139. The lowest BCUT2D eigenvalue weighted by Gasteiger charge is -2.31. The van der Waals surface area contributed by atoms with E-state index in [4.69, 9.17) is 21.7 Å². The summed E-state index contributed by atoms with van der Waals surface area (Å²) in [5, 5.41) is 8.29. The van der Waals surface area contributed by atoms with Gasteiger partial charge in [0.2, 0.25) is 0 Å². The van der Waals surface area contributed by atoms with E-state index in [2.05, 4.69) is 10.6 Å². The van der Waals surface area contributed by atoms with Crippen molar-refractivity contribution in [2.24, 2.45) is 0 Å². The van der Waals surface area contributed by atoms with Gasteiger partial charge in [-0.15, -0.1) is 0 Å². The van der Waals surface area contributed by atoms with Gasteiger partial charge in [0.15, 0.2) is 5.11 Å². The van der Waals surface area contributed by atoms with Gasteiger partial charge < -0.3 is 20.1 Å². The minimum absolute atomic E-state index is 0.249. The van der Waals surface area contributed by atoms with Gasteiger partial charge in [-0.3, -0.25) is 4.79 Å². The van der Waals surface area contributed by atoms with Gasteiger partial charge in [-0.2, -0.15) is 0 Å². The summed E-state index contributed by atoms with van der Waals surface area (Å²) in [7, 11) is 0. The molecule has 0 aliphatic carbocycles. The number of rotatable bonds is 4. The molecular formula is C20H20N2O4S. The van der Waals surface area contributed by atoms with Gasteiger partial charge >= 0.3 is 11.9 Å². The molecule has 1 aliphatic heterocycles. The first-order valence-corrected chi connectivity index (χ1v) is 8.98. The van der Waals surface area contributed by atoms with Crippen LogP contribution in [-0.4, -0.2) is 23.7 Å². The normalized spacial score (nSPS) is 16.6. The smallest absolute Gasteiger partial charge is 0.338 e. The molecule has 0 fully saturated rings. The number of hydrogen-bond acceptors (Lipinski definition) is 5. The van der Waals surface area contributed by atoms with Crippen molar-refractivity contribution in [3.8, 4) is 5.75 Å². The van der Waals surface area contributed by atoms with Crippen LogP contribution in [0.25, 0.3) is 10.8 Å². The standard InChI is InChI=1S/C20H20N2O4S/c1-4-25-19(24)16-11(2)21-20(27)22-18(16)17-14-8-6-5-7-13(14)9-10-15(17)26-12(3)23/h5-10,18H,4H2,1-3H3,(H2,21,22,27). The summed E-state index contributed by atoms with van der Waals surface area (Å²) in [6.07, 6.45) is 0. The highest BCUT2D eigenvalue weighted by atomic mass is 32.1. The SMILES string of the molecule is CCOC(=O)C1=C(C)NC(=S)NC1c1c(OC(C)=O)ccc2ccccc12. The third-order valence-corrected chi connectivity index (χ3v) is 4.46. The molecule has 7 heteroatoms. The summed E-state index contributed by atoms with van der Waals surface area (Å²) in [6.45, 7) is 5.11. The summed E-state index contributed by atoms with van der Waals surface area (Å²) in [5.74, 6) is -0.524. The summed E-state index contributed by atoms with van der Waals surface area (Å²) in [6, 6.07) is 10.7. The summed E-state index contributed by atoms with van der Waals surface area (Å²) >= 11 is 5.30. The molecule has 0 bridgehead atoms. The van der Waals surface area contributed by atoms with Crippen LogP contribution in [0.15, 0.2) is 47.7 Å². The summed E-state index contributed by atoms with van der Waals surface area (Å²) in [5.41, 5.74) is 1.66. The lowest BCUT2D eigenvalue weighted by atomic mass is 9.90. The maximum Gasteiger partial charge on any atom is 0.338 e. The maximum atomic E-state index is 12.7. The van der Waals surface area contributed by atoms with Gasteiger partial charge in [-0.05, 0) is 42.9 Å². The second kappa shape index (κ2) is 7.75. The zero-order chi connectivity index (χ0) is 19.6. The highest BCUT2D eigenvalue weighted by Gasteiger charge is 2.34. The van der Waals surface area contributed by atoms with E-state index in [1.165, 1.54) is 6.92 Å². The molecule has 1 unspecified atom stereocenters. The fourth-order valence-corrected chi connectivity index (χ4v) is 3.48. The second-order valence-electron chi connectivity index (χ2n) is 6.08. The number of hydrogen-bond donors (Lipinski definition) is 2. The van der Waals surface area contributed by atoms with Crippen molar-refractivity contribution in [2.45, 2.75) is 26.8 Å². The van der Waals surface area contributed by atoms with Crippen molar-refractivity contribution in [1.29, 1.82) is 0 Å². The zero-order valence-corrected chi connectivity index (χ0v) is 16.1. The van der Waals surface area contributed by atoms with Crippen LogP contribution in [0.3, 0.4) is 0 Å². The van der Waals surface area contributed by atoms with Gasteiger partial charge in [0.05, 0.1) is 18.2 Å². The Morgan fingerprint density at radius 3 is 2.63 bits per heavy atom. The minimum atomic E-state index is -0.613. The minimum Gasteiger partial charge on any atom is -0.463 e. The summed E-state index contributed by atoms with van der Waals surface area (Å²) in [4.78, 5) is 24.3. The molecule has 1 atom stereocenters. The molecule has 2 aromatic rings. The molecule has 1 aliphatic rings. The molecule has 0 spiro atoms. The molecule has 140 valence electrons. The Hall–Kier alpha value is -2.93. The Bertz CT molecular complexity index is 968. The first-order valence-electron chi connectivity index (χ1n) is 8.57. The molecule has 6 nitrogen and oxygen atoms in total. The van der Waals surface area contributed by atoms with E-state index >= 15 is 0 Å². The third-order valence-electron chi connectivity index (χ3n) is 4.24. The molecular weight excluding hydrogens is 364 g/mol. The number of allylic oxidation sites excluding steroid dienone is 1. The average molecular weight is 384 g/mol.